The lowest BCUT2D eigenvalue weighted by Crippen LogP contribution is -2.55. The molecule has 0 spiro atoms. The van der Waals surface area contributed by atoms with Crippen LogP contribution in [0.3, 0.4) is 0 Å². The zero-order valence-corrected chi connectivity index (χ0v) is 13.1. The number of hydrogen-bond acceptors (Lipinski definition) is 4. The van der Waals surface area contributed by atoms with E-state index in [4.69, 9.17) is 4.74 Å². The second kappa shape index (κ2) is 6.37. The van der Waals surface area contributed by atoms with Crippen LogP contribution in [0.5, 0.6) is 5.75 Å². The molecule has 1 saturated heterocycles. The van der Waals surface area contributed by atoms with Gasteiger partial charge in [-0.05, 0) is 19.1 Å². The summed E-state index contributed by atoms with van der Waals surface area (Å²) in [6.07, 6.45) is 1.55. The molecule has 1 amide bonds. The number of hydrogen-bond donors (Lipinski definition) is 1. The second-order valence-corrected chi connectivity index (χ2v) is 5.68. The number of ether oxygens (including phenoxy) is 1. The maximum absolute atomic E-state index is 13.5. The van der Waals surface area contributed by atoms with Crippen LogP contribution in [0, 0.1) is 12.7 Å². The molecule has 1 aromatic heterocycles. The molecular weight excluding hydrogens is 299 g/mol. The number of amides is 1. The lowest BCUT2D eigenvalue weighted by atomic mass is 10.1. The minimum atomic E-state index is -0.365. The molecule has 1 aromatic carbocycles. The van der Waals surface area contributed by atoms with Crippen molar-refractivity contribution in [1.29, 1.82) is 0 Å². The Kier molecular flexibility index (Phi) is 4.29. The summed E-state index contributed by atoms with van der Waals surface area (Å²) in [5.41, 5.74) is 1.62. The quantitative estimate of drug-likeness (QED) is 0.909. The number of aromatic nitrogens is 2. The molecule has 1 fully saturated rings. The Morgan fingerprint density at radius 3 is 2.83 bits per heavy atom. The summed E-state index contributed by atoms with van der Waals surface area (Å²) >= 11 is 0. The summed E-state index contributed by atoms with van der Waals surface area (Å²) < 4.78 is 20.8. The fourth-order valence-corrected chi connectivity index (χ4v) is 2.46. The fourth-order valence-electron chi connectivity index (χ4n) is 2.46. The minimum Gasteiger partial charge on any atom is -0.485 e. The SMILES string of the molecule is Cc1c(NC(=O)CN2CC(Oc3ccccc3F)C2)cnn1C. The van der Waals surface area contributed by atoms with E-state index in [9.17, 15) is 9.18 Å². The molecule has 0 unspecified atom stereocenters. The molecule has 0 aliphatic carbocycles. The van der Waals surface area contributed by atoms with Crippen LogP contribution in [0.15, 0.2) is 30.5 Å². The molecule has 23 heavy (non-hydrogen) atoms. The molecule has 0 bridgehead atoms. The van der Waals surface area contributed by atoms with E-state index >= 15 is 0 Å². The minimum absolute atomic E-state index is 0.0835. The third-order valence-electron chi connectivity index (χ3n) is 3.93. The van der Waals surface area contributed by atoms with Crippen LogP contribution in [0.2, 0.25) is 0 Å². The Bertz CT molecular complexity index is 710. The summed E-state index contributed by atoms with van der Waals surface area (Å²) in [5, 5.41) is 6.92. The molecule has 1 aliphatic heterocycles. The number of carbonyl (C=O) groups excluding carboxylic acids is 1. The van der Waals surface area contributed by atoms with Crippen LogP contribution in [-0.2, 0) is 11.8 Å². The molecule has 2 heterocycles. The number of benzene rings is 1. The van der Waals surface area contributed by atoms with E-state index in [0.717, 1.165) is 11.4 Å². The van der Waals surface area contributed by atoms with Gasteiger partial charge in [-0.3, -0.25) is 14.4 Å². The van der Waals surface area contributed by atoms with Gasteiger partial charge >= 0.3 is 0 Å². The normalized spacial score (nSPS) is 15.3. The standard InChI is InChI=1S/C16H19FN4O2/c1-11-14(7-18-20(11)2)19-16(22)10-21-8-12(9-21)23-15-6-4-3-5-13(15)17/h3-7,12H,8-10H2,1-2H3,(H,19,22). The number of anilines is 1. The first-order valence-corrected chi connectivity index (χ1v) is 7.45. The van der Waals surface area contributed by atoms with E-state index in [1.54, 1.807) is 29.1 Å². The summed E-state index contributed by atoms with van der Waals surface area (Å²) in [6.45, 7) is 3.39. The molecule has 0 saturated carbocycles. The van der Waals surface area contributed by atoms with E-state index in [-0.39, 0.29) is 30.1 Å². The highest BCUT2D eigenvalue weighted by Gasteiger charge is 2.30. The number of rotatable bonds is 5. The predicted octanol–water partition coefficient (Wildman–Crippen LogP) is 1.57. The number of nitrogens with one attached hydrogen (secondary N) is 1. The average Bonchev–Trinajstić information content (AvgIpc) is 2.79. The second-order valence-electron chi connectivity index (χ2n) is 5.68. The Labute approximate surface area is 133 Å². The van der Waals surface area contributed by atoms with E-state index in [1.165, 1.54) is 6.07 Å². The topological polar surface area (TPSA) is 59.4 Å². The van der Waals surface area contributed by atoms with Crippen molar-refractivity contribution in [2.75, 3.05) is 25.0 Å². The van der Waals surface area contributed by atoms with Crippen LogP contribution >= 0.6 is 0 Å². The summed E-state index contributed by atoms with van der Waals surface area (Å²) in [4.78, 5) is 14.0. The van der Waals surface area contributed by atoms with Gasteiger partial charge in [-0.25, -0.2) is 4.39 Å². The largest absolute Gasteiger partial charge is 0.485 e. The number of halogens is 1. The van der Waals surface area contributed by atoms with Gasteiger partial charge in [-0.2, -0.15) is 5.10 Å². The van der Waals surface area contributed by atoms with Gasteiger partial charge < -0.3 is 10.1 Å². The molecular formula is C16H19FN4O2. The number of carbonyl (C=O) groups is 1. The van der Waals surface area contributed by atoms with Gasteiger partial charge in [0.2, 0.25) is 5.91 Å². The van der Waals surface area contributed by atoms with Gasteiger partial charge in [-0.15, -0.1) is 0 Å². The van der Waals surface area contributed by atoms with E-state index in [1.807, 2.05) is 18.9 Å². The van der Waals surface area contributed by atoms with Crippen molar-refractivity contribution < 1.29 is 13.9 Å². The number of para-hydroxylation sites is 1. The maximum Gasteiger partial charge on any atom is 0.238 e. The van der Waals surface area contributed by atoms with Crippen molar-refractivity contribution in [3.8, 4) is 5.75 Å². The van der Waals surface area contributed by atoms with Crippen LogP contribution in [0.25, 0.3) is 0 Å². The molecule has 1 aliphatic rings. The van der Waals surface area contributed by atoms with Crippen molar-refractivity contribution >= 4 is 11.6 Å². The van der Waals surface area contributed by atoms with Crippen molar-refractivity contribution in [2.24, 2.45) is 7.05 Å². The first kappa shape index (κ1) is 15.5. The zero-order chi connectivity index (χ0) is 16.4. The van der Waals surface area contributed by atoms with Gasteiger partial charge in [0.1, 0.15) is 6.10 Å². The molecule has 6 nitrogen and oxygen atoms in total. The van der Waals surface area contributed by atoms with Crippen molar-refractivity contribution in [2.45, 2.75) is 13.0 Å². The summed E-state index contributed by atoms with van der Waals surface area (Å²) in [5.74, 6) is -0.200. The van der Waals surface area contributed by atoms with Crippen LogP contribution in [0.4, 0.5) is 10.1 Å². The van der Waals surface area contributed by atoms with Crippen molar-refractivity contribution in [1.82, 2.24) is 14.7 Å². The molecule has 1 N–H and O–H groups in total. The van der Waals surface area contributed by atoms with Crippen molar-refractivity contribution in [3.05, 3.63) is 42.0 Å². The zero-order valence-electron chi connectivity index (χ0n) is 13.1. The van der Waals surface area contributed by atoms with Gasteiger partial charge in [-0.1, -0.05) is 12.1 Å². The molecule has 7 heteroatoms. The molecule has 3 rings (SSSR count). The lowest BCUT2D eigenvalue weighted by molar-refractivity contribution is -0.119. The summed E-state index contributed by atoms with van der Waals surface area (Å²) in [7, 11) is 1.82. The average molecular weight is 318 g/mol. The Balaban J connectivity index is 1.44. The van der Waals surface area contributed by atoms with Crippen LogP contribution in [0.1, 0.15) is 5.69 Å². The predicted molar refractivity (Wildman–Crippen MR) is 83.8 cm³/mol. The number of nitrogens with zero attached hydrogens (tertiary/aromatic N) is 3. The third-order valence-corrected chi connectivity index (χ3v) is 3.93. The molecule has 122 valence electrons. The lowest BCUT2D eigenvalue weighted by Gasteiger charge is -2.38. The Hall–Kier alpha value is -2.41. The molecule has 0 atom stereocenters. The third kappa shape index (κ3) is 3.50. The Morgan fingerprint density at radius 1 is 1.43 bits per heavy atom. The van der Waals surface area contributed by atoms with Crippen LogP contribution < -0.4 is 10.1 Å². The van der Waals surface area contributed by atoms with Crippen LogP contribution in [-0.4, -0.2) is 46.3 Å². The highest BCUT2D eigenvalue weighted by atomic mass is 19.1. The highest BCUT2D eigenvalue weighted by Crippen LogP contribution is 2.21. The number of likely N-dealkylation sites (tertiary alicyclic amines) is 1. The smallest absolute Gasteiger partial charge is 0.238 e. The van der Waals surface area contributed by atoms with E-state index < -0.39 is 0 Å². The van der Waals surface area contributed by atoms with Gasteiger partial charge in [0.15, 0.2) is 11.6 Å². The maximum atomic E-state index is 13.5. The number of aryl methyl sites for hydroxylation is 1. The van der Waals surface area contributed by atoms with E-state index in [2.05, 4.69) is 10.4 Å². The highest BCUT2D eigenvalue weighted by molar-refractivity contribution is 5.92. The van der Waals surface area contributed by atoms with Gasteiger partial charge in [0.05, 0.1) is 24.1 Å². The fraction of sp³-hybridized carbons (Fsp3) is 0.375. The Morgan fingerprint density at radius 2 is 2.17 bits per heavy atom. The molecule has 2 aromatic rings. The van der Waals surface area contributed by atoms with Gasteiger partial charge in [0.25, 0.3) is 0 Å². The monoisotopic (exact) mass is 318 g/mol. The summed E-state index contributed by atoms with van der Waals surface area (Å²) in [6, 6.07) is 6.34. The first-order chi connectivity index (χ1) is 11.0. The first-order valence-electron chi connectivity index (χ1n) is 7.45. The van der Waals surface area contributed by atoms with Gasteiger partial charge in [0, 0.05) is 20.1 Å². The van der Waals surface area contributed by atoms with Crippen molar-refractivity contribution in [3.63, 3.8) is 0 Å². The molecule has 0 radical (unpaired) electrons. The van der Waals surface area contributed by atoms with E-state index in [0.29, 0.717) is 13.1 Å².